The van der Waals surface area contributed by atoms with Gasteiger partial charge in [0.2, 0.25) is 0 Å². The van der Waals surface area contributed by atoms with Crippen LogP contribution >= 0.6 is 27.5 Å². The van der Waals surface area contributed by atoms with Crippen LogP contribution in [0.2, 0.25) is 5.02 Å². The maximum Gasteiger partial charge on any atom is 0.277 e. The van der Waals surface area contributed by atoms with E-state index in [2.05, 4.69) is 26.5 Å². The minimum absolute atomic E-state index is 0.175. The SMILES string of the molecule is CCOc1ccc2ccccc2c1C=NNC(=O)COc1ccc(Cl)cc1Br. The standard InChI is InChI=1S/C21H18BrClN2O3/c1-2-27-19-9-7-14-5-3-4-6-16(14)17(19)12-24-25-21(26)13-28-20-10-8-15(23)11-18(20)22/h3-12H,2,13H2,1H3,(H,25,26). The Hall–Kier alpha value is -2.57. The van der Waals surface area contributed by atoms with Gasteiger partial charge in [-0.05, 0) is 57.9 Å². The van der Waals surface area contributed by atoms with Crippen LogP contribution in [-0.4, -0.2) is 25.3 Å². The molecule has 0 bridgehead atoms. The summed E-state index contributed by atoms with van der Waals surface area (Å²) in [6.45, 7) is 2.28. The van der Waals surface area contributed by atoms with Crippen LogP contribution in [0.4, 0.5) is 0 Å². The molecule has 0 aromatic heterocycles. The Morgan fingerprint density at radius 3 is 2.71 bits per heavy atom. The molecule has 1 N–H and O–H groups in total. The van der Waals surface area contributed by atoms with Gasteiger partial charge in [0.05, 0.1) is 17.3 Å². The molecule has 3 aromatic rings. The second-order valence-electron chi connectivity index (χ2n) is 5.79. The van der Waals surface area contributed by atoms with Crippen molar-refractivity contribution in [2.75, 3.05) is 13.2 Å². The number of ether oxygens (including phenoxy) is 2. The molecular formula is C21H18BrClN2O3. The topological polar surface area (TPSA) is 59.9 Å². The Bertz CT molecular complexity index is 1020. The normalized spacial score (nSPS) is 11.0. The summed E-state index contributed by atoms with van der Waals surface area (Å²) in [5.41, 5.74) is 3.28. The van der Waals surface area contributed by atoms with Crippen molar-refractivity contribution >= 4 is 50.4 Å². The highest BCUT2D eigenvalue weighted by Gasteiger charge is 2.08. The van der Waals surface area contributed by atoms with E-state index in [0.717, 1.165) is 16.3 Å². The van der Waals surface area contributed by atoms with E-state index in [-0.39, 0.29) is 12.5 Å². The summed E-state index contributed by atoms with van der Waals surface area (Å²) in [4.78, 5) is 12.0. The van der Waals surface area contributed by atoms with Gasteiger partial charge in [-0.15, -0.1) is 0 Å². The molecule has 0 fully saturated rings. The van der Waals surface area contributed by atoms with Crippen LogP contribution in [0.1, 0.15) is 12.5 Å². The molecule has 0 spiro atoms. The molecule has 0 atom stereocenters. The number of carbonyl (C=O) groups excluding carboxylic acids is 1. The van der Waals surface area contributed by atoms with Gasteiger partial charge >= 0.3 is 0 Å². The number of benzene rings is 3. The first-order valence-corrected chi connectivity index (χ1v) is 9.80. The minimum atomic E-state index is -0.378. The average molecular weight is 462 g/mol. The first kappa shape index (κ1) is 20.2. The predicted octanol–water partition coefficient (Wildman–Crippen LogP) is 5.18. The molecule has 0 aliphatic heterocycles. The van der Waals surface area contributed by atoms with E-state index >= 15 is 0 Å². The number of carbonyl (C=O) groups is 1. The van der Waals surface area contributed by atoms with Crippen LogP contribution in [0.25, 0.3) is 10.8 Å². The summed E-state index contributed by atoms with van der Waals surface area (Å²) in [6.07, 6.45) is 1.59. The van der Waals surface area contributed by atoms with Gasteiger partial charge in [-0.2, -0.15) is 5.10 Å². The van der Waals surface area contributed by atoms with Crippen molar-refractivity contribution in [3.63, 3.8) is 0 Å². The van der Waals surface area contributed by atoms with Crippen molar-refractivity contribution < 1.29 is 14.3 Å². The maximum atomic E-state index is 12.0. The van der Waals surface area contributed by atoms with Gasteiger partial charge in [0.1, 0.15) is 11.5 Å². The molecule has 0 saturated heterocycles. The van der Waals surface area contributed by atoms with Gasteiger partial charge < -0.3 is 9.47 Å². The van der Waals surface area contributed by atoms with E-state index in [1.807, 2.05) is 43.3 Å². The smallest absolute Gasteiger partial charge is 0.277 e. The fourth-order valence-electron chi connectivity index (χ4n) is 2.63. The van der Waals surface area contributed by atoms with Gasteiger partial charge in [-0.3, -0.25) is 4.79 Å². The molecule has 7 heteroatoms. The molecule has 0 aliphatic rings. The Morgan fingerprint density at radius 1 is 1.14 bits per heavy atom. The summed E-state index contributed by atoms with van der Waals surface area (Å²) < 4.78 is 11.8. The first-order chi connectivity index (χ1) is 13.6. The summed E-state index contributed by atoms with van der Waals surface area (Å²) >= 11 is 9.23. The third-order valence-corrected chi connectivity index (χ3v) is 4.72. The van der Waals surface area contributed by atoms with Gasteiger partial charge in [0, 0.05) is 10.6 Å². The number of nitrogens with zero attached hydrogens (tertiary/aromatic N) is 1. The zero-order chi connectivity index (χ0) is 19.9. The van der Waals surface area contributed by atoms with Crippen molar-refractivity contribution in [1.82, 2.24) is 5.43 Å². The van der Waals surface area contributed by atoms with E-state index in [1.54, 1.807) is 24.4 Å². The highest BCUT2D eigenvalue weighted by molar-refractivity contribution is 9.10. The van der Waals surface area contributed by atoms with Crippen molar-refractivity contribution in [2.45, 2.75) is 6.92 Å². The Balaban J connectivity index is 1.68. The fraction of sp³-hybridized carbons (Fsp3) is 0.143. The second-order valence-corrected chi connectivity index (χ2v) is 7.08. The molecule has 5 nitrogen and oxygen atoms in total. The van der Waals surface area contributed by atoms with Crippen LogP contribution in [0.3, 0.4) is 0 Å². The van der Waals surface area contributed by atoms with Crippen LogP contribution in [0.15, 0.2) is 64.2 Å². The lowest BCUT2D eigenvalue weighted by Crippen LogP contribution is -2.24. The number of hydrazone groups is 1. The quantitative estimate of drug-likeness (QED) is 0.389. The van der Waals surface area contributed by atoms with E-state index in [4.69, 9.17) is 21.1 Å². The zero-order valence-corrected chi connectivity index (χ0v) is 17.5. The summed E-state index contributed by atoms with van der Waals surface area (Å²) in [7, 11) is 0. The van der Waals surface area contributed by atoms with Crippen LogP contribution < -0.4 is 14.9 Å². The summed E-state index contributed by atoms with van der Waals surface area (Å²) in [5.74, 6) is 0.855. The van der Waals surface area contributed by atoms with Crippen LogP contribution in [0, 0.1) is 0 Å². The van der Waals surface area contributed by atoms with E-state index in [0.29, 0.717) is 27.6 Å². The lowest BCUT2D eigenvalue weighted by Gasteiger charge is -2.10. The molecule has 3 aromatic carbocycles. The largest absolute Gasteiger partial charge is 0.493 e. The number of halogens is 2. The first-order valence-electron chi connectivity index (χ1n) is 8.62. The number of rotatable bonds is 7. The zero-order valence-electron chi connectivity index (χ0n) is 15.1. The Morgan fingerprint density at radius 2 is 1.93 bits per heavy atom. The fourth-order valence-corrected chi connectivity index (χ4v) is 3.42. The van der Waals surface area contributed by atoms with Gasteiger partial charge in [-0.25, -0.2) is 5.43 Å². The molecule has 144 valence electrons. The molecule has 0 saturated carbocycles. The molecule has 1 amide bonds. The maximum absolute atomic E-state index is 12.0. The molecule has 3 rings (SSSR count). The monoisotopic (exact) mass is 460 g/mol. The molecule has 0 heterocycles. The summed E-state index contributed by atoms with van der Waals surface area (Å²) in [6, 6.07) is 16.9. The highest BCUT2D eigenvalue weighted by Crippen LogP contribution is 2.28. The van der Waals surface area contributed by atoms with Gasteiger partial charge in [0.15, 0.2) is 6.61 Å². The number of hydrogen-bond donors (Lipinski definition) is 1. The number of amides is 1. The Kier molecular flexibility index (Phi) is 6.90. The molecule has 0 unspecified atom stereocenters. The molecule has 0 aliphatic carbocycles. The number of hydrogen-bond acceptors (Lipinski definition) is 4. The van der Waals surface area contributed by atoms with Crippen molar-refractivity contribution in [1.29, 1.82) is 0 Å². The van der Waals surface area contributed by atoms with E-state index in [9.17, 15) is 4.79 Å². The van der Waals surface area contributed by atoms with E-state index < -0.39 is 0 Å². The lowest BCUT2D eigenvalue weighted by molar-refractivity contribution is -0.123. The minimum Gasteiger partial charge on any atom is -0.493 e. The highest BCUT2D eigenvalue weighted by atomic mass is 79.9. The second kappa shape index (κ2) is 9.57. The third-order valence-electron chi connectivity index (χ3n) is 3.87. The van der Waals surface area contributed by atoms with Crippen molar-refractivity contribution in [2.24, 2.45) is 5.10 Å². The molecular weight excluding hydrogens is 444 g/mol. The predicted molar refractivity (Wildman–Crippen MR) is 116 cm³/mol. The van der Waals surface area contributed by atoms with Crippen molar-refractivity contribution in [3.05, 3.63) is 69.7 Å². The Labute approximate surface area is 176 Å². The summed E-state index contributed by atoms with van der Waals surface area (Å²) in [5, 5.41) is 6.70. The van der Waals surface area contributed by atoms with Crippen LogP contribution in [0.5, 0.6) is 11.5 Å². The number of nitrogens with one attached hydrogen (secondary N) is 1. The average Bonchev–Trinajstić information content (AvgIpc) is 2.69. The van der Waals surface area contributed by atoms with E-state index in [1.165, 1.54) is 0 Å². The molecule has 0 radical (unpaired) electrons. The molecule has 28 heavy (non-hydrogen) atoms. The van der Waals surface area contributed by atoms with Gasteiger partial charge in [-0.1, -0.05) is 41.9 Å². The lowest BCUT2D eigenvalue weighted by atomic mass is 10.0. The van der Waals surface area contributed by atoms with Gasteiger partial charge in [0.25, 0.3) is 5.91 Å². The van der Waals surface area contributed by atoms with Crippen molar-refractivity contribution in [3.8, 4) is 11.5 Å². The third kappa shape index (κ3) is 5.03. The van der Waals surface area contributed by atoms with Crippen LogP contribution in [-0.2, 0) is 4.79 Å². The number of fused-ring (bicyclic) bond motifs is 1.